The highest BCUT2D eigenvalue weighted by molar-refractivity contribution is 5.93. The van der Waals surface area contributed by atoms with E-state index < -0.39 is 6.04 Å². The third kappa shape index (κ3) is 3.05. The number of ketones is 1. The Morgan fingerprint density at radius 1 is 1.22 bits per heavy atom. The summed E-state index contributed by atoms with van der Waals surface area (Å²) in [6.07, 6.45) is 5.46. The minimum absolute atomic E-state index is 0.0858. The second-order valence-electron chi connectivity index (χ2n) is 5.56. The Hall–Kier alpha value is -2.79. The van der Waals surface area contributed by atoms with Gasteiger partial charge in [-0.15, -0.1) is 4.57 Å². The van der Waals surface area contributed by atoms with E-state index in [-0.39, 0.29) is 11.7 Å². The summed E-state index contributed by atoms with van der Waals surface area (Å²) in [5, 5.41) is 1.07. The summed E-state index contributed by atoms with van der Waals surface area (Å²) < 4.78 is 1.39. The van der Waals surface area contributed by atoms with Crippen molar-refractivity contribution in [1.82, 2.24) is 4.98 Å². The first-order valence-corrected chi connectivity index (χ1v) is 7.43. The van der Waals surface area contributed by atoms with E-state index in [4.69, 9.17) is 5.73 Å². The Kier molecular flexibility index (Phi) is 4.04. The van der Waals surface area contributed by atoms with Gasteiger partial charge in [-0.2, -0.15) is 0 Å². The number of pyridine rings is 1. The molecule has 1 atom stereocenters. The summed E-state index contributed by atoms with van der Waals surface area (Å²) >= 11 is 0. The molecule has 116 valence electrons. The van der Waals surface area contributed by atoms with Gasteiger partial charge in [0, 0.05) is 29.6 Å². The zero-order valence-electron chi connectivity index (χ0n) is 12.8. The van der Waals surface area contributed by atoms with Crippen molar-refractivity contribution in [3.8, 4) is 0 Å². The molecule has 2 aromatic heterocycles. The summed E-state index contributed by atoms with van der Waals surface area (Å²) in [6, 6.07) is 10.6. The molecule has 5 nitrogen and oxygen atoms in total. The Labute approximate surface area is 133 Å². The van der Waals surface area contributed by atoms with Crippen LogP contribution < -0.4 is 10.3 Å². The summed E-state index contributed by atoms with van der Waals surface area (Å²) in [4.78, 5) is 27.1. The number of nitrogens with zero attached hydrogens (tertiary/aromatic N) is 1. The lowest BCUT2D eigenvalue weighted by Gasteiger charge is -2.06. The number of Topliss-reactive ketones (excluding diaryl/α,β-unsaturated/α-hetero) is 1. The van der Waals surface area contributed by atoms with Gasteiger partial charge < -0.3 is 10.7 Å². The first-order chi connectivity index (χ1) is 11.1. The summed E-state index contributed by atoms with van der Waals surface area (Å²) in [6.45, 7) is 1.47. The van der Waals surface area contributed by atoms with Crippen molar-refractivity contribution in [2.24, 2.45) is 5.73 Å². The van der Waals surface area contributed by atoms with E-state index >= 15 is 0 Å². The molecule has 0 fully saturated rings. The third-order valence-corrected chi connectivity index (χ3v) is 3.89. The monoisotopic (exact) mass is 308 g/mol. The number of rotatable bonds is 4. The molecule has 1 aromatic carbocycles. The van der Waals surface area contributed by atoms with Crippen molar-refractivity contribution in [2.75, 3.05) is 0 Å². The van der Waals surface area contributed by atoms with Crippen molar-refractivity contribution in [3.63, 3.8) is 0 Å². The average Bonchev–Trinajstić information content (AvgIpc) is 2.97. The number of H-pyrrole nitrogens is 1. The Morgan fingerprint density at radius 2 is 2.00 bits per heavy atom. The average molecular weight is 308 g/mol. The smallest absolute Gasteiger partial charge is 0.361 e. The van der Waals surface area contributed by atoms with Gasteiger partial charge in [-0.25, -0.2) is 4.79 Å². The number of aromatic amines is 1. The van der Waals surface area contributed by atoms with Gasteiger partial charge in [0.15, 0.2) is 18.2 Å². The van der Waals surface area contributed by atoms with E-state index in [1.807, 2.05) is 30.5 Å². The lowest BCUT2D eigenvalue weighted by Crippen LogP contribution is -2.53. The number of nitrogens with two attached hydrogens (primary N) is 1. The maximum atomic E-state index is 12.5. The normalized spacial score (nSPS) is 12.3. The topological polar surface area (TPSA) is 79.8 Å². The van der Waals surface area contributed by atoms with Gasteiger partial charge in [-0.05, 0) is 24.6 Å². The molecule has 0 aliphatic carbocycles. The molecule has 2 heterocycles. The van der Waals surface area contributed by atoms with E-state index in [2.05, 4.69) is 4.98 Å². The van der Waals surface area contributed by atoms with Gasteiger partial charge in [0.2, 0.25) is 0 Å². The van der Waals surface area contributed by atoms with E-state index in [0.717, 1.165) is 16.5 Å². The standard InChI is InChI=1S/C18H18N3O2/c1-12(22)13-5-4-8-21(11-13)18(23)16(19)9-14-10-20-17-7-3-2-6-15(14)17/h2-8,10-11,16,20H,9,19H2,1H3/q+1/t16-/m0/s1. The van der Waals surface area contributed by atoms with E-state index in [0.29, 0.717) is 12.0 Å². The molecule has 0 amide bonds. The molecular weight excluding hydrogens is 290 g/mol. The Bertz CT molecular complexity index is 883. The molecule has 3 rings (SSSR count). The molecule has 0 unspecified atom stereocenters. The molecule has 3 N–H and O–H groups in total. The molecule has 0 saturated heterocycles. The van der Waals surface area contributed by atoms with E-state index in [1.165, 1.54) is 17.7 Å². The molecule has 23 heavy (non-hydrogen) atoms. The number of hydrogen-bond acceptors (Lipinski definition) is 3. The molecule has 0 spiro atoms. The van der Waals surface area contributed by atoms with Gasteiger partial charge in [0.25, 0.3) is 0 Å². The van der Waals surface area contributed by atoms with Crippen molar-refractivity contribution in [1.29, 1.82) is 0 Å². The van der Waals surface area contributed by atoms with Gasteiger partial charge in [0.1, 0.15) is 6.04 Å². The highest BCUT2D eigenvalue weighted by atomic mass is 16.2. The number of fused-ring (bicyclic) bond motifs is 1. The molecule has 0 aliphatic heterocycles. The van der Waals surface area contributed by atoms with Crippen LogP contribution in [0.15, 0.2) is 55.0 Å². The van der Waals surface area contributed by atoms with Crippen LogP contribution in [0.2, 0.25) is 0 Å². The largest absolute Gasteiger partial charge is 0.409 e. The van der Waals surface area contributed by atoms with Crippen molar-refractivity contribution < 1.29 is 14.2 Å². The zero-order chi connectivity index (χ0) is 16.4. The first kappa shape index (κ1) is 15.1. The predicted molar refractivity (Wildman–Crippen MR) is 87.2 cm³/mol. The molecule has 0 saturated carbocycles. The maximum absolute atomic E-state index is 12.5. The summed E-state index contributed by atoms with van der Waals surface area (Å²) in [5.74, 6) is -0.323. The number of carbonyl (C=O) groups is 2. The number of carbonyl (C=O) groups excluding carboxylic acids is 2. The first-order valence-electron chi connectivity index (χ1n) is 7.43. The predicted octanol–water partition coefficient (Wildman–Crippen LogP) is 1.87. The van der Waals surface area contributed by atoms with Gasteiger partial charge in [-0.3, -0.25) is 4.79 Å². The van der Waals surface area contributed by atoms with Crippen LogP contribution in [-0.4, -0.2) is 22.7 Å². The Morgan fingerprint density at radius 3 is 2.78 bits per heavy atom. The van der Waals surface area contributed by atoms with Crippen LogP contribution in [0.4, 0.5) is 0 Å². The van der Waals surface area contributed by atoms with Crippen LogP contribution in [0.3, 0.4) is 0 Å². The summed E-state index contributed by atoms with van der Waals surface area (Å²) in [7, 11) is 0. The second-order valence-corrected chi connectivity index (χ2v) is 5.56. The van der Waals surface area contributed by atoms with Crippen molar-refractivity contribution in [2.45, 2.75) is 19.4 Å². The molecular formula is C18H18N3O2+. The highest BCUT2D eigenvalue weighted by Crippen LogP contribution is 2.18. The molecule has 0 aliphatic rings. The van der Waals surface area contributed by atoms with E-state index in [1.54, 1.807) is 18.3 Å². The van der Waals surface area contributed by atoms with Crippen LogP contribution in [0, 0.1) is 0 Å². The second kappa shape index (κ2) is 6.14. The lowest BCUT2D eigenvalue weighted by atomic mass is 10.0. The summed E-state index contributed by atoms with van der Waals surface area (Å²) in [5.41, 5.74) is 8.60. The van der Waals surface area contributed by atoms with Crippen LogP contribution in [0.1, 0.15) is 27.6 Å². The van der Waals surface area contributed by atoms with Gasteiger partial charge >= 0.3 is 5.91 Å². The molecule has 3 aromatic rings. The number of benzene rings is 1. The van der Waals surface area contributed by atoms with Crippen LogP contribution in [0.5, 0.6) is 0 Å². The van der Waals surface area contributed by atoms with Crippen molar-refractivity contribution in [3.05, 3.63) is 66.1 Å². The van der Waals surface area contributed by atoms with E-state index in [9.17, 15) is 9.59 Å². The maximum Gasteiger partial charge on any atom is 0.409 e. The van der Waals surface area contributed by atoms with Crippen LogP contribution in [0.25, 0.3) is 10.9 Å². The van der Waals surface area contributed by atoms with Crippen LogP contribution >= 0.6 is 0 Å². The molecule has 0 radical (unpaired) electrons. The zero-order valence-corrected chi connectivity index (χ0v) is 12.8. The van der Waals surface area contributed by atoms with Crippen LogP contribution in [-0.2, 0) is 6.42 Å². The minimum atomic E-state index is -0.679. The Balaban J connectivity index is 1.83. The quantitative estimate of drug-likeness (QED) is 0.570. The van der Waals surface area contributed by atoms with Gasteiger partial charge in [-0.1, -0.05) is 18.2 Å². The SMILES string of the molecule is CC(=O)c1ccc[n+](C(=O)[C@@H](N)Cc2c[nH]c3ccccc23)c1. The fourth-order valence-corrected chi connectivity index (χ4v) is 2.64. The minimum Gasteiger partial charge on any atom is -0.361 e. The lowest BCUT2D eigenvalue weighted by molar-refractivity contribution is -0.575. The highest BCUT2D eigenvalue weighted by Gasteiger charge is 2.25. The fraction of sp³-hybridized carbons (Fsp3) is 0.167. The molecule has 0 bridgehead atoms. The van der Waals surface area contributed by atoms with Crippen molar-refractivity contribution >= 4 is 22.6 Å². The third-order valence-electron chi connectivity index (χ3n) is 3.89. The number of aromatic nitrogens is 2. The fourth-order valence-electron chi connectivity index (χ4n) is 2.64. The molecule has 5 heteroatoms. The number of para-hydroxylation sites is 1. The number of hydrogen-bond donors (Lipinski definition) is 2. The number of nitrogens with one attached hydrogen (secondary N) is 1. The van der Waals surface area contributed by atoms with Gasteiger partial charge in [0.05, 0.1) is 5.56 Å².